The molecule has 9 nitrogen and oxygen atoms in total. The van der Waals surface area contributed by atoms with Gasteiger partial charge in [-0.1, -0.05) is 37.3 Å². The summed E-state index contributed by atoms with van der Waals surface area (Å²) in [5, 5.41) is 20.5. The molecule has 150 valence electrons. The van der Waals surface area contributed by atoms with Crippen LogP contribution in [0.2, 0.25) is 0 Å². The highest BCUT2D eigenvalue weighted by Crippen LogP contribution is 2.31. The van der Waals surface area contributed by atoms with Crippen LogP contribution in [0.25, 0.3) is 0 Å². The van der Waals surface area contributed by atoms with Crippen molar-refractivity contribution < 1.29 is 9.90 Å². The van der Waals surface area contributed by atoms with Gasteiger partial charge in [0.15, 0.2) is 17.9 Å². The first-order chi connectivity index (χ1) is 14.0. The number of aliphatic hydroxyl groups excluding tert-OH is 1. The number of aromatic nitrogens is 5. The molecule has 0 spiro atoms. The first-order valence-corrected chi connectivity index (χ1v) is 9.50. The number of carbonyl (C=O) groups is 1. The van der Waals surface area contributed by atoms with Crippen LogP contribution in [-0.2, 0) is 11.2 Å². The van der Waals surface area contributed by atoms with E-state index in [1.54, 1.807) is 19.4 Å². The first-order valence-electron chi connectivity index (χ1n) is 9.50. The van der Waals surface area contributed by atoms with E-state index in [0.29, 0.717) is 24.5 Å². The van der Waals surface area contributed by atoms with Crippen LogP contribution in [0.1, 0.15) is 48.4 Å². The lowest BCUT2D eigenvalue weighted by atomic mass is 9.99. The van der Waals surface area contributed by atoms with Gasteiger partial charge in [0.2, 0.25) is 5.91 Å². The van der Waals surface area contributed by atoms with E-state index in [4.69, 9.17) is 0 Å². The molecule has 3 atom stereocenters. The Morgan fingerprint density at radius 1 is 1.28 bits per heavy atom. The Kier molecular flexibility index (Phi) is 5.32. The summed E-state index contributed by atoms with van der Waals surface area (Å²) in [5.74, 6) is 1.21. The van der Waals surface area contributed by atoms with Crippen LogP contribution in [-0.4, -0.2) is 49.3 Å². The number of rotatable bonds is 5. The number of carbonyl (C=O) groups excluding carboxylic acids is 1. The normalized spacial score (nSPS) is 20.2. The number of aliphatic hydroxyl groups is 1. The number of anilines is 1. The van der Waals surface area contributed by atoms with Gasteiger partial charge in [0.05, 0.1) is 11.7 Å². The molecule has 0 aliphatic carbocycles. The first kappa shape index (κ1) is 19.2. The SMILES string of the molecule is C[C@H]1C[C@@H](NC(O)c2n[nH]c(Cc3ccccc3)n2)C(=O)N(C)c2nccnc21. The monoisotopic (exact) mass is 393 g/mol. The third-order valence-electron chi connectivity index (χ3n) is 5.08. The maximum absolute atomic E-state index is 12.9. The fourth-order valence-electron chi connectivity index (χ4n) is 3.56. The largest absolute Gasteiger partial charge is 0.371 e. The molecule has 1 unspecified atom stereocenters. The van der Waals surface area contributed by atoms with Crippen molar-refractivity contribution in [2.24, 2.45) is 0 Å². The van der Waals surface area contributed by atoms with Gasteiger partial charge < -0.3 is 5.11 Å². The van der Waals surface area contributed by atoms with Crippen molar-refractivity contribution in [3.05, 3.63) is 65.6 Å². The van der Waals surface area contributed by atoms with Crippen LogP contribution in [0.3, 0.4) is 0 Å². The number of benzene rings is 1. The highest BCUT2D eigenvalue weighted by Gasteiger charge is 2.34. The highest BCUT2D eigenvalue weighted by molar-refractivity contribution is 5.97. The molecule has 2 aromatic heterocycles. The third-order valence-corrected chi connectivity index (χ3v) is 5.08. The third kappa shape index (κ3) is 4.01. The zero-order valence-corrected chi connectivity index (χ0v) is 16.3. The van der Waals surface area contributed by atoms with Crippen LogP contribution in [0.15, 0.2) is 42.7 Å². The predicted octanol–water partition coefficient (Wildman–Crippen LogP) is 1.30. The number of hydrogen-bond acceptors (Lipinski definition) is 7. The highest BCUT2D eigenvalue weighted by atomic mass is 16.3. The van der Waals surface area contributed by atoms with Crippen molar-refractivity contribution in [2.45, 2.75) is 38.0 Å². The standard InChI is InChI=1S/C20H23N7O2/c1-12-10-14(20(29)27(2)18-16(12)21-8-9-22-18)23-19(28)17-24-15(25-26-17)11-13-6-4-3-5-7-13/h3-9,12,14,19,23,28H,10-11H2,1-2H3,(H,24,25,26)/t12-,14+,19?/m0/s1. The molecule has 0 fully saturated rings. The van der Waals surface area contributed by atoms with Crippen molar-refractivity contribution >= 4 is 11.7 Å². The molecule has 4 rings (SSSR count). The van der Waals surface area contributed by atoms with Crippen molar-refractivity contribution in [3.63, 3.8) is 0 Å². The van der Waals surface area contributed by atoms with Crippen LogP contribution in [0.4, 0.5) is 5.82 Å². The molecular formula is C20H23N7O2. The van der Waals surface area contributed by atoms with Crippen LogP contribution < -0.4 is 10.2 Å². The number of H-pyrrole nitrogens is 1. The smallest absolute Gasteiger partial charge is 0.245 e. The van der Waals surface area contributed by atoms with Gasteiger partial charge in [0.25, 0.3) is 0 Å². The molecule has 0 bridgehead atoms. The number of nitrogens with one attached hydrogen (secondary N) is 2. The van der Waals surface area contributed by atoms with E-state index >= 15 is 0 Å². The Balaban J connectivity index is 1.47. The maximum Gasteiger partial charge on any atom is 0.245 e. The number of likely N-dealkylation sites (N-methyl/N-ethyl adjacent to an activating group) is 1. The van der Waals surface area contributed by atoms with Crippen LogP contribution >= 0.6 is 0 Å². The van der Waals surface area contributed by atoms with E-state index in [-0.39, 0.29) is 17.6 Å². The predicted molar refractivity (Wildman–Crippen MR) is 106 cm³/mol. The fourth-order valence-corrected chi connectivity index (χ4v) is 3.56. The number of nitrogens with zero attached hydrogens (tertiary/aromatic N) is 5. The van der Waals surface area contributed by atoms with Gasteiger partial charge in [-0.15, -0.1) is 0 Å². The zero-order valence-electron chi connectivity index (χ0n) is 16.3. The number of hydrogen-bond donors (Lipinski definition) is 3. The van der Waals surface area contributed by atoms with Crippen molar-refractivity contribution in [1.82, 2.24) is 30.5 Å². The van der Waals surface area contributed by atoms with E-state index < -0.39 is 12.3 Å². The zero-order chi connectivity index (χ0) is 20.4. The molecular weight excluding hydrogens is 370 g/mol. The quantitative estimate of drug-likeness (QED) is 0.559. The lowest BCUT2D eigenvalue weighted by Gasteiger charge is -2.22. The van der Waals surface area contributed by atoms with Crippen LogP contribution in [0, 0.1) is 0 Å². The van der Waals surface area contributed by atoms with Gasteiger partial charge in [-0.3, -0.25) is 25.1 Å². The van der Waals surface area contributed by atoms with Gasteiger partial charge in [-0.25, -0.2) is 9.97 Å². The Labute approximate surface area is 168 Å². The van der Waals surface area contributed by atoms with E-state index in [0.717, 1.165) is 11.3 Å². The average Bonchev–Trinajstić information content (AvgIpc) is 3.18. The Morgan fingerprint density at radius 2 is 2.03 bits per heavy atom. The summed E-state index contributed by atoms with van der Waals surface area (Å²) < 4.78 is 0. The molecule has 1 aliphatic rings. The van der Waals surface area contributed by atoms with Gasteiger partial charge in [0.1, 0.15) is 5.82 Å². The second kappa shape index (κ2) is 8.06. The lowest BCUT2D eigenvalue weighted by molar-refractivity contribution is -0.121. The second-order valence-corrected chi connectivity index (χ2v) is 7.22. The molecule has 9 heteroatoms. The minimum Gasteiger partial charge on any atom is -0.371 e. The Morgan fingerprint density at radius 3 is 2.83 bits per heavy atom. The summed E-state index contributed by atoms with van der Waals surface area (Å²) in [4.78, 5) is 27.4. The number of fused-ring (bicyclic) bond motifs is 1. The van der Waals surface area contributed by atoms with Gasteiger partial charge >= 0.3 is 0 Å². The number of aromatic amines is 1. The van der Waals surface area contributed by atoms with Crippen molar-refractivity contribution in [1.29, 1.82) is 0 Å². The van der Waals surface area contributed by atoms with E-state index in [9.17, 15) is 9.90 Å². The van der Waals surface area contributed by atoms with E-state index in [1.807, 2.05) is 37.3 Å². The summed E-state index contributed by atoms with van der Waals surface area (Å²) in [7, 11) is 1.67. The van der Waals surface area contributed by atoms with Crippen molar-refractivity contribution in [2.75, 3.05) is 11.9 Å². The van der Waals surface area contributed by atoms with Gasteiger partial charge in [-0.2, -0.15) is 5.10 Å². The second-order valence-electron chi connectivity index (χ2n) is 7.22. The minimum absolute atomic E-state index is 0.00177. The van der Waals surface area contributed by atoms with E-state index in [2.05, 4.69) is 30.5 Å². The molecule has 0 saturated carbocycles. The Bertz CT molecular complexity index is 991. The maximum atomic E-state index is 12.9. The van der Waals surface area contributed by atoms with Crippen molar-refractivity contribution in [3.8, 4) is 0 Å². The molecule has 1 aliphatic heterocycles. The molecule has 1 amide bonds. The van der Waals surface area contributed by atoms with Gasteiger partial charge in [0, 0.05) is 31.8 Å². The summed E-state index contributed by atoms with van der Waals surface area (Å²) in [6.45, 7) is 1.99. The molecule has 3 aromatic rings. The number of amides is 1. The summed E-state index contributed by atoms with van der Waals surface area (Å²) >= 11 is 0. The lowest BCUT2D eigenvalue weighted by Crippen LogP contribution is -2.46. The van der Waals surface area contributed by atoms with Gasteiger partial charge in [-0.05, 0) is 12.0 Å². The Hall–Kier alpha value is -3.17. The van der Waals surface area contributed by atoms with Crippen LogP contribution in [0.5, 0.6) is 0 Å². The minimum atomic E-state index is -1.17. The molecule has 1 aromatic carbocycles. The molecule has 0 radical (unpaired) electrons. The molecule has 0 saturated heterocycles. The molecule has 29 heavy (non-hydrogen) atoms. The molecule has 3 heterocycles. The summed E-state index contributed by atoms with van der Waals surface area (Å²) in [5.41, 5.74) is 1.86. The molecule has 3 N–H and O–H groups in total. The summed E-state index contributed by atoms with van der Waals surface area (Å²) in [6.07, 6.45) is 3.08. The average molecular weight is 393 g/mol. The van der Waals surface area contributed by atoms with E-state index in [1.165, 1.54) is 4.90 Å². The fraction of sp³-hybridized carbons (Fsp3) is 0.350. The summed E-state index contributed by atoms with van der Waals surface area (Å²) in [6, 6.07) is 9.25. The topological polar surface area (TPSA) is 120 Å².